The lowest BCUT2D eigenvalue weighted by Crippen LogP contribution is -2.49. The standard InChI is InChI=1S/C30H33FN4O4/c1-34-25-15-21(22-9-10-30(16-22)11-13-38-14-12-30)7-8-26(25)39-19-24(29(34)37)32-28(36)27-23(31)18-35(33-27)17-20-5-3-2-4-6-20/h2-8,15,18,22,24H,9-14,16-17,19H2,1H3,(H,32,36). The van der Waals surface area contributed by atoms with Crippen molar-refractivity contribution in [3.63, 3.8) is 0 Å². The fourth-order valence-electron chi connectivity index (χ4n) is 6.25. The summed E-state index contributed by atoms with van der Waals surface area (Å²) < 4.78 is 27.6. The van der Waals surface area contributed by atoms with Gasteiger partial charge in [-0.2, -0.15) is 5.10 Å². The van der Waals surface area contributed by atoms with Crippen LogP contribution in [0, 0.1) is 11.2 Å². The lowest BCUT2D eigenvalue weighted by atomic mass is 9.77. The number of hydrogen-bond acceptors (Lipinski definition) is 5. The van der Waals surface area contributed by atoms with E-state index >= 15 is 0 Å². The van der Waals surface area contributed by atoms with Crippen LogP contribution >= 0.6 is 0 Å². The van der Waals surface area contributed by atoms with Gasteiger partial charge in [-0.15, -0.1) is 0 Å². The van der Waals surface area contributed by atoms with E-state index in [1.165, 1.54) is 27.8 Å². The van der Waals surface area contributed by atoms with E-state index in [0.717, 1.165) is 44.5 Å². The average molecular weight is 533 g/mol. The number of carbonyl (C=O) groups excluding carboxylic acids is 2. The highest BCUT2D eigenvalue weighted by Gasteiger charge is 2.41. The second-order valence-electron chi connectivity index (χ2n) is 11.0. The summed E-state index contributed by atoms with van der Waals surface area (Å²) in [5, 5.41) is 6.76. The van der Waals surface area contributed by atoms with Gasteiger partial charge in [-0.3, -0.25) is 14.3 Å². The van der Waals surface area contributed by atoms with E-state index in [2.05, 4.69) is 16.5 Å². The van der Waals surface area contributed by atoms with Gasteiger partial charge in [0.25, 0.3) is 11.8 Å². The van der Waals surface area contributed by atoms with Gasteiger partial charge in [-0.1, -0.05) is 36.4 Å². The number of fused-ring (bicyclic) bond motifs is 1. The molecule has 3 aromatic rings. The lowest BCUT2D eigenvalue weighted by molar-refractivity contribution is -0.120. The van der Waals surface area contributed by atoms with E-state index in [1.807, 2.05) is 42.5 Å². The van der Waals surface area contributed by atoms with Crippen LogP contribution in [-0.2, 0) is 16.1 Å². The van der Waals surface area contributed by atoms with E-state index in [0.29, 0.717) is 29.3 Å². The maximum atomic E-state index is 14.6. The van der Waals surface area contributed by atoms with Crippen LogP contribution in [0.1, 0.15) is 59.6 Å². The van der Waals surface area contributed by atoms with E-state index in [4.69, 9.17) is 9.47 Å². The SMILES string of the molecule is CN1C(=O)C(NC(=O)c2nn(Cc3ccccc3)cc2F)COc2ccc(C3CCC4(CCOCC4)C3)cc21. The monoisotopic (exact) mass is 532 g/mol. The highest BCUT2D eigenvalue weighted by molar-refractivity contribution is 6.02. The lowest BCUT2D eigenvalue weighted by Gasteiger charge is -2.33. The number of ether oxygens (including phenoxy) is 2. The minimum atomic E-state index is -0.978. The Bertz CT molecular complexity index is 1370. The Morgan fingerprint density at radius 3 is 2.74 bits per heavy atom. The Morgan fingerprint density at radius 1 is 1.15 bits per heavy atom. The van der Waals surface area contributed by atoms with Crippen molar-refractivity contribution in [2.24, 2.45) is 5.41 Å². The molecule has 2 fully saturated rings. The molecule has 204 valence electrons. The van der Waals surface area contributed by atoms with Crippen molar-refractivity contribution in [3.8, 4) is 5.75 Å². The second kappa shape index (κ2) is 10.4. The predicted octanol–water partition coefficient (Wildman–Crippen LogP) is 4.29. The van der Waals surface area contributed by atoms with Gasteiger partial charge in [0.15, 0.2) is 11.5 Å². The maximum absolute atomic E-state index is 14.6. The normalized spacial score (nSPS) is 22.3. The fraction of sp³-hybridized carbons (Fsp3) is 0.433. The zero-order chi connectivity index (χ0) is 27.0. The first kappa shape index (κ1) is 25.6. The first-order chi connectivity index (χ1) is 18.9. The summed E-state index contributed by atoms with van der Waals surface area (Å²) in [7, 11) is 1.68. The van der Waals surface area contributed by atoms with Gasteiger partial charge in [0, 0.05) is 20.3 Å². The van der Waals surface area contributed by atoms with Crippen molar-refractivity contribution in [1.82, 2.24) is 15.1 Å². The quantitative estimate of drug-likeness (QED) is 0.530. The third-order valence-electron chi connectivity index (χ3n) is 8.53. The molecule has 2 unspecified atom stereocenters. The molecule has 1 N–H and O–H groups in total. The molecule has 2 amide bonds. The first-order valence-corrected chi connectivity index (χ1v) is 13.6. The number of nitrogens with zero attached hydrogens (tertiary/aromatic N) is 3. The van der Waals surface area contributed by atoms with Gasteiger partial charge < -0.3 is 19.7 Å². The topological polar surface area (TPSA) is 85.7 Å². The van der Waals surface area contributed by atoms with Crippen molar-refractivity contribution in [2.45, 2.75) is 50.6 Å². The van der Waals surface area contributed by atoms with Crippen molar-refractivity contribution in [1.29, 1.82) is 0 Å². The van der Waals surface area contributed by atoms with Crippen LogP contribution in [-0.4, -0.2) is 54.5 Å². The molecule has 3 heterocycles. The molecular formula is C30H33FN4O4. The molecule has 1 spiro atoms. The van der Waals surface area contributed by atoms with Crippen molar-refractivity contribution in [2.75, 3.05) is 31.8 Å². The molecule has 1 aromatic heterocycles. The van der Waals surface area contributed by atoms with Gasteiger partial charge in [-0.25, -0.2) is 4.39 Å². The zero-order valence-electron chi connectivity index (χ0n) is 22.1. The molecule has 6 rings (SSSR count). The molecule has 39 heavy (non-hydrogen) atoms. The van der Waals surface area contributed by atoms with E-state index in [1.54, 1.807) is 7.05 Å². The average Bonchev–Trinajstić information content (AvgIpc) is 3.50. The summed E-state index contributed by atoms with van der Waals surface area (Å²) in [5.74, 6) is -0.802. The van der Waals surface area contributed by atoms with Crippen LogP contribution in [0.5, 0.6) is 5.75 Å². The zero-order valence-corrected chi connectivity index (χ0v) is 22.1. The highest BCUT2D eigenvalue weighted by Crippen LogP contribution is 2.52. The first-order valence-electron chi connectivity index (χ1n) is 13.6. The molecule has 3 aliphatic rings. The number of benzene rings is 2. The van der Waals surface area contributed by atoms with E-state index in [-0.39, 0.29) is 18.2 Å². The van der Waals surface area contributed by atoms with Crippen molar-refractivity contribution in [3.05, 3.63) is 77.4 Å². The Balaban J connectivity index is 1.14. The summed E-state index contributed by atoms with van der Waals surface area (Å²) in [4.78, 5) is 27.9. The number of likely N-dealkylation sites (N-methyl/N-ethyl adjacent to an activating group) is 1. The second-order valence-corrected chi connectivity index (χ2v) is 11.0. The number of aromatic nitrogens is 2. The molecule has 2 aromatic carbocycles. The van der Waals surface area contributed by atoms with E-state index < -0.39 is 17.8 Å². The number of rotatable bonds is 5. The molecule has 1 saturated heterocycles. The van der Waals surface area contributed by atoms with Crippen LogP contribution in [0.2, 0.25) is 0 Å². The summed E-state index contributed by atoms with van der Waals surface area (Å²) in [6.07, 6.45) is 6.87. The molecule has 0 bridgehead atoms. The molecule has 1 saturated carbocycles. The molecular weight excluding hydrogens is 499 g/mol. The van der Waals surface area contributed by atoms with Crippen LogP contribution in [0.25, 0.3) is 0 Å². The summed E-state index contributed by atoms with van der Waals surface area (Å²) in [6, 6.07) is 14.5. The number of hydrogen-bond donors (Lipinski definition) is 1. The van der Waals surface area contributed by atoms with Gasteiger partial charge in [0.2, 0.25) is 0 Å². The third kappa shape index (κ3) is 5.15. The summed E-state index contributed by atoms with van der Waals surface area (Å²) in [6.45, 7) is 1.95. The molecule has 0 radical (unpaired) electrons. The van der Waals surface area contributed by atoms with E-state index in [9.17, 15) is 14.0 Å². The fourth-order valence-corrected chi connectivity index (χ4v) is 6.25. The molecule has 2 atom stereocenters. The van der Waals surface area contributed by atoms with Crippen molar-refractivity contribution >= 4 is 17.5 Å². The smallest absolute Gasteiger partial charge is 0.275 e. The van der Waals surface area contributed by atoms with Gasteiger partial charge >= 0.3 is 0 Å². The molecule has 9 heteroatoms. The van der Waals surface area contributed by atoms with Crippen LogP contribution in [0.15, 0.2) is 54.7 Å². The minimum absolute atomic E-state index is 0.0554. The van der Waals surface area contributed by atoms with Crippen molar-refractivity contribution < 1.29 is 23.5 Å². The maximum Gasteiger partial charge on any atom is 0.275 e. The predicted molar refractivity (Wildman–Crippen MR) is 143 cm³/mol. The number of halogens is 1. The minimum Gasteiger partial charge on any atom is -0.489 e. The number of anilines is 1. The van der Waals surface area contributed by atoms with Gasteiger partial charge in [0.1, 0.15) is 18.4 Å². The summed E-state index contributed by atoms with van der Waals surface area (Å²) in [5.41, 5.74) is 2.83. The Morgan fingerprint density at radius 2 is 1.95 bits per heavy atom. The largest absolute Gasteiger partial charge is 0.489 e. The molecule has 8 nitrogen and oxygen atoms in total. The van der Waals surface area contributed by atoms with Crippen LogP contribution < -0.4 is 15.0 Å². The number of amides is 2. The van der Waals surface area contributed by atoms with Gasteiger partial charge in [-0.05, 0) is 66.7 Å². The van der Waals surface area contributed by atoms with Gasteiger partial charge in [0.05, 0.1) is 18.4 Å². The summed E-state index contributed by atoms with van der Waals surface area (Å²) >= 11 is 0. The van der Waals surface area contributed by atoms with Crippen LogP contribution in [0.3, 0.4) is 0 Å². The number of carbonyl (C=O) groups is 2. The third-order valence-corrected chi connectivity index (χ3v) is 8.53. The Kier molecular flexibility index (Phi) is 6.85. The Hall–Kier alpha value is -3.72. The highest BCUT2D eigenvalue weighted by atomic mass is 19.1. The number of nitrogens with one attached hydrogen (secondary N) is 1. The Labute approximate surface area is 227 Å². The van der Waals surface area contributed by atoms with Crippen LogP contribution in [0.4, 0.5) is 10.1 Å². The molecule has 2 aliphatic heterocycles. The molecule has 1 aliphatic carbocycles.